The van der Waals surface area contributed by atoms with E-state index in [1.807, 2.05) is 31.2 Å². The summed E-state index contributed by atoms with van der Waals surface area (Å²) in [6.07, 6.45) is 12.6. The van der Waals surface area contributed by atoms with Gasteiger partial charge in [-0.2, -0.15) is 9.57 Å². The highest BCUT2D eigenvalue weighted by molar-refractivity contribution is 7.89. The summed E-state index contributed by atoms with van der Waals surface area (Å²) in [7, 11) is -3.33. The van der Waals surface area contributed by atoms with E-state index in [1.165, 1.54) is 6.08 Å². The van der Waals surface area contributed by atoms with Crippen molar-refractivity contribution >= 4 is 21.7 Å². The Labute approximate surface area is 270 Å². The number of fused-ring (bicyclic) bond motifs is 2. The first kappa shape index (κ1) is 31.6. The Bertz CT molecular complexity index is 1700. The fourth-order valence-corrected chi connectivity index (χ4v) is 9.44. The Hall–Kier alpha value is -4.40. The fraction of sp³-hybridized carbons (Fsp3) is 0.400. The zero-order valence-electron chi connectivity index (χ0n) is 25.9. The number of carbonyl (C=O) groups excluding carboxylic acids is 2. The van der Waals surface area contributed by atoms with Crippen LogP contribution in [0.15, 0.2) is 85.2 Å². The number of piperidine rings is 1. The highest BCUT2D eigenvalue weighted by atomic mass is 32.2. The van der Waals surface area contributed by atoms with E-state index in [1.54, 1.807) is 58.3 Å². The number of nitrogens with zero attached hydrogens (tertiary/aromatic N) is 5. The van der Waals surface area contributed by atoms with E-state index in [9.17, 15) is 23.3 Å². The molecule has 3 fully saturated rings. The molecule has 3 aliphatic heterocycles. The Morgan fingerprint density at radius 3 is 2.07 bits per heavy atom. The molecule has 10 nitrogen and oxygen atoms in total. The second-order valence-corrected chi connectivity index (χ2v) is 14.6. The molecule has 3 saturated heterocycles. The number of aromatic nitrogens is 2. The number of nitriles is 1. The minimum atomic E-state index is -3.33. The summed E-state index contributed by atoms with van der Waals surface area (Å²) in [5, 5.41) is 12.7. The molecule has 1 aromatic carbocycles. The van der Waals surface area contributed by atoms with Crippen molar-refractivity contribution < 1.29 is 18.0 Å². The Balaban J connectivity index is 1.34. The second-order valence-electron chi connectivity index (χ2n) is 12.6. The SMILES string of the molecule is CCCS(=O)(=O)N1C2CCC1CC(CN1C(=O)C(Cc3ccncc3)(Cc3ccncc3)NC1=CC(=O)c1ccc(C#N)cc1)C2. The number of hydrogen-bond acceptors (Lipinski definition) is 8. The van der Waals surface area contributed by atoms with Crippen LogP contribution in [0, 0.1) is 17.2 Å². The molecule has 5 heterocycles. The average molecular weight is 639 g/mol. The number of benzene rings is 1. The predicted octanol–water partition coefficient (Wildman–Crippen LogP) is 4.01. The minimum Gasteiger partial charge on any atom is -0.357 e. The zero-order valence-corrected chi connectivity index (χ0v) is 26.7. The number of ketones is 1. The summed E-state index contributed by atoms with van der Waals surface area (Å²) >= 11 is 0. The first-order valence-electron chi connectivity index (χ1n) is 15.9. The number of allylic oxidation sites excluding steroid dienone is 1. The van der Waals surface area contributed by atoms with Crippen LogP contribution in [-0.4, -0.2) is 69.2 Å². The quantitative estimate of drug-likeness (QED) is 0.246. The summed E-state index contributed by atoms with van der Waals surface area (Å²) in [6, 6.07) is 15.9. The summed E-state index contributed by atoms with van der Waals surface area (Å²) in [5.41, 5.74) is 1.64. The maximum Gasteiger partial charge on any atom is 0.254 e. The number of hydrogen-bond donors (Lipinski definition) is 1. The summed E-state index contributed by atoms with van der Waals surface area (Å²) in [4.78, 5) is 38.3. The molecule has 0 saturated carbocycles. The first-order chi connectivity index (χ1) is 22.2. The van der Waals surface area contributed by atoms with Crippen molar-refractivity contribution in [2.75, 3.05) is 12.3 Å². The van der Waals surface area contributed by atoms with E-state index in [0.717, 1.165) is 24.0 Å². The van der Waals surface area contributed by atoms with E-state index in [-0.39, 0.29) is 35.4 Å². The number of pyridine rings is 2. The molecule has 3 aromatic rings. The lowest BCUT2D eigenvalue weighted by atomic mass is 9.84. The van der Waals surface area contributed by atoms with Gasteiger partial charge < -0.3 is 5.32 Å². The zero-order chi connectivity index (χ0) is 32.3. The number of sulfonamides is 1. The number of rotatable bonds is 11. The van der Waals surface area contributed by atoms with Gasteiger partial charge in [0.15, 0.2) is 5.78 Å². The van der Waals surface area contributed by atoms with Gasteiger partial charge in [-0.15, -0.1) is 0 Å². The van der Waals surface area contributed by atoms with Crippen molar-refractivity contribution in [3.8, 4) is 6.07 Å². The first-order valence-corrected chi connectivity index (χ1v) is 17.5. The van der Waals surface area contributed by atoms with E-state index in [0.29, 0.717) is 55.6 Å². The highest BCUT2D eigenvalue weighted by Gasteiger charge is 2.52. The maximum absolute atomic E-state index is 14.7. The van der Waals surface area contributed by atoms with Crippen LogP contribution < -0.4 is 5.32 Å². The molecule has 2 unspecified atom stereocenters. The lowest BCUT2D eigenvalue weighted by Gasteiger charge is -2.39. The van der Waals surface area contributed by atoms with Gasteiger partial charge in [0.25, 0.3) is 5.91 Å². The fourth-order valence-electron chi connectivity index (χ4n) is 7.42. The van der Waals surface area contributed by atoms with E-state index in [4.69, 9.17) is 0 Å². The number of carbonyl (C=O) groups is 2. The minimum absolute atomic E-state index is 0.0717. The Morgan fingerprint density at radius 2 is 1.54 bits per heavy atom. The van der Waals surface area contributed by atoms with Gasteiger partial charge in [0, 0.05) is 67.9 Å². The molecule has 238 valence electrons. The maximum atomic E-state index is 14.7. The van der Waals surface area contributed by atoms with Crippen LogP contribution in [0.3, 0.4) is 0 Å². The molecule has 46 heavy (non-hydrogen) atoms. The van der Waals surface area contributed by atoms with Crippen molar-refractivity contribution in [2.24, 2.45) is 5.92 Å². The average Bonchev–Trinajstić information content (AvgIpc) is 3.47. The molecule has 2 bridgehead atoms. The Morgan fingerprint density at radius 1 is 0.978 bits per heavy atom. The highest BCUT2D eigenvalue weighted by Crippen LogP contribution is 2.42. The van der Waals surface area contributed by atoms with E-state index in [2.05, 4.69) is 21.4 Å². The van der Waals surface area contributed by atoms with E-state index < -0.39 is 15.6 Å². The standard InChI is InChI=1S/C35H38N6O4S/c1-2-17-46(44,45)41-30-7-8-31(41)19-28(18-30)24-40-33(20-32(42)29-5-3-27(23-36)4-6-29)39-35(34(40)43,21-25-9-13-37-14-10-25)22-26-11-15-38-16-12-26/h3-6,9-16,20,28,30-31,39H,2,7-8,17-19,21-22,24H2,1H3. The van der Waals surface area contributed by atoms with Crippen LogP contribution in [0.2, 0.25) is 0 Å². The molecular formula is C35H38N6O4S. The molecule has 0 spiro atoms. The largest absolute Gasteiger partial charge is 0.357 e. The number of nitrogens with one attached hydrogen (secondary N) is 1. The Kier molecular flexibility index (Phi) is 9.02. The molecule has 1 amide bonds. The van der Waals surface area contributed by atoms with Crippen LogP contribution in [0.1, 0.15) is 66.1 Å². The van der Waals surface area contributed by atoms with Crippen molar-refractivity contribution in [2.45, 2.75) is 69.5 Å². The van der Waals surface area contributed by atoms with Crippen molar-refractivity contribution in [1.29, 1.82) is 5.26 Å². The van der Waals surface area contributed by atoms with Crippen LogP contribution in [0.25, 0.3) is 0 Å². The van der Waals surface area contributed by atoms with Gasteiger partial charge in [-0.25, -0.2) is 8.42 Å². The van der Waals surface area contributed by atoms with Gasteiger partial charge in [0.2, 0.25) is 10.0 Å². The van der Waals surface area contributed by atoms with Crippen molar-refractivity contribution in [3.05, 3.63) is 107 Å². The van der Waals surface area contributed by atoms with E-state index >= 15 is 0 Å². The van der Waals surface area contributed by atoms with Crippen LogP contribution in [0.5, 0.6) is 0 Å². The van der Waals surface area contributed by atoms with Gasteiger partial charge >= 0.3 is 0 Å². The molecule has 11 heteroatoms. The molecular weight excluding hydrogens is 600 g/mol. The van der Waals surface area contributed by atoms with Crippen molar-refractivity contribution in [1.82, 2.24) is 24.5 Å². The number of amides is 1. The third-order valence-corrected chi connectivity index (χ3v) is 11.5. The van der Waals surface area contributed by atoms with Gasteiger partial charge in [-0.3, -0.25) is 24.5 Å². The summed E-state index contributed by atoms with van der Waals surface area (Å²) in [6.45, 7) is 2.26. The lowest BCUT2D eigenvalue weighted by molar-refractivity contribution is -0.132. The van der Waals surface area contributed by atoms with Gasteiger partial charge in [0.05, 0.1) is 17.4 Å². The molecule has 6 rings (SSSR count). The molecule has 2 atom stereocenters. The van der Waals surface area contributed by atoms with Gasteiger partial charge in [0.1, 0.15) is 11.4 Å². The van der Waals surface area contributed by atoms with Gasteiger partial charge in [-0.05, 0) is 97.7 Å². The van der Waals surface area contributed by atoms with Crippen LogP contribution >= 0.6 is 0 Å². The second kappa shape index (κ2) is 13.1. The molecule has 0 radical (unpaired) electrons. The van der Waals surface area contributed by atoms with Crippen LogP contribution in [0.4, 0.5) is 0 Å². The molecule has 3 aliphatic rings. The third kappa shape index (κ3) is 6.46. The van der Waals surface area contributed by atoms with Gasteiger partial charge in [-0.1, -0.05) is 6.92 Å². The molecule has 0 aliphatic carbocycles. The third-order valence-electron chi connectivity index (χ3n) is 9.38. The topological polar surface area (TPSA) is 136 Å². The summed E-state index contributed by atoms with van der Waals surface area (Å²) in [5.74, 6) is 0.233. The van der Waals surface area contributed by atoms with Crippen molar-refractivity contribution in [3.63, 3.8) is 0 Å². The molecule has 1 N–H and O–H groups in total. The summed E-state index contributed by atoms with van der Waals surface area (Å²) < 4.78 is 28.0. The van der Waals surface area contributed by atoms with Crippen LogP contribution in [-0.2, 0) is 27.7 Å². The smallest absolute Gasteiger partial charge is 0.254 e. The molecule has 2 aromatic heterocycles. The monoisotopic (exact) mass is 638 g/mol. The lowest BCUT2D eigenvalue weighted by Crippen LogP contribution is -2.52. The predicted molar refractivity (Wildman–Crippen MR) is 172 cm³/mol. The normalized spacial score (nSPS) is 23.3.